The Morgan fingerprint density at radius 3 is 1.56 bits per heavy atom. The van der Waals surface area contributed by atoms with Crippen LogP contribution >= 0.6 is 0 Å². The Bertz CT molecular complexity index is 1190. The highest BCUT2D eigenvalue weighted by Crippen LogP contribution is 2.28. The van der Waals surface area contributed by atoms with Crippen LogP contribution in [0.15, 0.2) is 82.8 Å². The molecule has 4 aromatic rings. The first kappa shape index (κ1) is 20.3. The zero-order chi connectivity index (χ0) is 21.6. The molecule has 0 saturated carbocycles. The van der Waals surface area contributed by atoms with Crippen LogP contribution in [-0.2, 0) is 0 Å². The quantitative estimate of drug-likeness (QED) is 0.344. The van der Waals surface area contributed by atoms with Crippen LogP contribution in [0.2, 0.25) is 0 Å². The van der Waals surface area contributed by atoms with Gasteiger partial charge in [-0.1, -0.05) is 60.7 Å². The van der Waals surface area contributed by atoms with Gasteiger partial charge in [-0.15, -0.1) is 0 Å². The van der Waals surface area contributed by atoms with Crippen LogP contribution in [0.1, 0.15) is 24.0 Å². The first-order valence-corrected chi connectivity index (χ1v) is 11.2. The summed E-state index contributed by atoms with van der Waals surface area (Å²) < 4.78 is 12.3. The molecule has 0 aromatic heterocycles. The Kier molecular flexibility index (Phi) is 6.11. The van der Waals surface area contributed by atoms with Gasteiger partial charge < -0.3 is 9.47 Å². The fraction of sp³-hybridized carbons (Fsp3) is 0.214. The van der Waals surface area contributed by atoms with E-state index in [-0.39, 0.29) is 0 Å². The van der Waals surface area contributed by atoms with Crippen LogP contribution in [0.4, 0.5) is 0 Å². The lowest BCUT2D eigenvalue weighted by molar-refractivity contribution is 0.247. The predicted molar refractivity (Wildman–Crippen MR) is 133 cm³/mol. The summed E-state index contributed by atoms with van der Waals surface area (Å²) in [5, 5.41) is 4.69. The second-order valence-corrected chi connectivity index (χ2v) is 7.87. The largest absolute Gasteiger partial charge is 0.493 e. The summed E-state index contributed by atoms with van der Waals surface area (Å²) in [6.45, 7) is 2.60. The van der Waals surface area contributed by atoms with Crippen molar-refractivity contribution in [3.05, 3.63) is 83.9 Å². The molecule has 4 nitrogen and oxygen atoms in total. The fourth-order valence-electron chi connectivity index (χ4n) is 4.06. The zero-order valence-electron chi connectivity index (χ0n) is 18.0. The van der Waals surface area contributed by atoms with Crippen molar-refractivity contribution < 1.29 is 9.47 Å². The first-order valence-electron chi connectivity index (χ1n) is 11.2. The van der Waals surface area contributed by atoms with Crippen molar-refractivity contribution in [2.45, 2.75) is 12.8 Å². The van der Waals surface area contributed by atoms with Crippen molar-refractivity contribution in [1.29, 1.82) is 0 Å². The van der Waals surface area contributed by atoms with E-state index in [4.69, 9.17) is 9.47 Å². The number of nitrogens with zero attached hydrogens (tertiary/aromatic N) is 2. The summed E-state index contributed by atoms with van der Waals surface area (Å²) in [6.07, 6.45) is 5.57. The van der Waals surface area contributed by atoms with Gasteiger partial charge in [-0.3, -0.25) is 9.98 Å². The standard InChI is InChI=1S/C28H26N2O2/c1-3-9-23-21(7-1)11-13-27-25(23)19-29-15-5-16-30-20-26-24-10-4-2-8-22(24)12-14-28(26)32-18-6-17-31-27/h1-4,7-14,19-20H,5-6,15-18H2. The molecule has 0 radical (unpaired) electrons. The molecule has 4 aromatic carbocycles. The van der Waals surface area contributed by atoms with Gasteiger partial charge in [0.05, 0.1) is 13.2 Å². The molecular formula is C28H26N2O2. The number of aliphatic imine (C=N–C) groups is 2. The van der Waals surface area contributed by atoms with Crippen molar-refractivity contribution >= 4 is 34.0 Å². The van der Waals surface area contributed by atoms with Crippen LogP contribution in [0.25, 0.3) is 21.5 Å². The lowest BCUT2D eigenvalue weighted by Crippen LogP contribution is -2.07. The van der Waals surface area contributed by atoms with E-state index in [1.165, 1.54) is 10.8 Å². The Hall–Kier alpha value is -3.66. The van der Waals surface area contributed by atoms with Gasteiger partial charge in [-0.05, 0) is 40.1 Å². The number of hydrogen-bond acceptors (Lipinski definition) is 4. The van der Waals surface area contributed by atoms with Crippen LogP contribution in [0.5, 0.6) is 11.5 Å². The molecule has 1 heterocycles. The minimum atomic E-state index is 0.580. The second kappa shape index (κ2) is 9.65. The first-order chi connectivity index (χ1) is 15.9. The topological polar surface area (TPSA) is 43.2 Å². The minimum absolute atomic E-state index is 0.580. The predicted octanol–water partition coefficient (Wildman–Crippen LogP) is 6.08. The lowest BCUT2D eigenvalue weighted by atomic mass is 10.0. The van der Waals surface area contributed by atoms with Gasteiger partial charge in [0.15, 0.2) is 0 Å². The third kappa shape index (κ3) is 4.35. The molecular weight excluding hydrogens is 396 g/mol. The molecule has 0 N–H and O–H groups in total. The van der Waals surface area contributed by atoms with Crippen molar-refractivity contribution in [3.63, 3.8) is 0 Å². The molecule has 5 rings (SSSR count). The van der Waals surface area contributed by atoms with Gasteiger partial charge in [0.2, 0.25) is 0 Å². The highest BCUT2D eigenvalue weighted by molar-refractivity contribution is 6.03. The third-order valence-electron chi connectivity index (χ3n) is 5.68. The molecule has 0 unspecified atom stereocenters. The number of hydrogen-bond donors (Lipinski definition) is 0. The van der Waals surface area contributed by atoms with Gasteiger partial charge in [-0.25, -0.2) is 0 Å². The Balaban J connectivity index is 1.42. The van der Waals surface area contributed by atoms with E-state index < -0.39 is 0 Å². The van der Waals surface area contributed by atoms with E-state index in [2.05, 4.69) is 70.6 Å². The molecule has 0 bridgehead atoms. The summed E-state index contributed by atoms with van der Waals surface area (Å²) in [5.41, 5.74) is 2.08. The second-order valence-electron chi connectivity index (χ2n) is 7.87. The summed E-state index contributed by atoms with van der Waals surface area (Å²) in [7, 11) is 0. The van der Waals surface area contributed by atoms with Gasteiger partial charge in [0.1, 0.15) is 11.5 Å². The molecule has 160 valence electrons. The van der Waals surface area contributed by atoms with E-state index >= 15 is 0 Å². The molecule has 0 aliphatic carbocycles. The highest BCUT2D eigenvalue weighted by atomic mass is 16.5. The molecule has 4 heteroatoms. The number of ether oxygens (including phenoxy) is 2. The molecule has 0 spiro atoms. The maximum absolute atomic E-state index is 6.16. The Labute approximate surface area is 188 Å². The fourth-order valence-corrected chi connectivity index (χ4v) is 4.06. The highest BCUT2D eigenvalue weighted by Gasteiger charge is 2.09. The summed E-state index contributed by atoms with van der Waals surface area (Å²) in [4.78, 5) is 9.37. The Morgan fingerprint density at radius 1 is 0.531 bits per heavy atom. The van der Waals surface area contributed by atoms with E-state index in [9.17, 15) is 0 Å². The summed E-state index contributed by atoms with van der Waals surface area (Å²) in [6, 6.07) is 25.0. The van der Waals surface area contributed by atoms with E-state index in [0.717, 1.165) is 59.3 Å². The normalized spacial score (nSPS) is 15.0. The average molecular weight is 423 g/mol. The Morgan fingerprint density at radius 2 is 1.03 bits per heavy atom. The van der Waals surface area contributed by atoms with Crippen molar-refractivity contribution in [3.8, 4) is 11.5 Å². The van der Waals surface area contributed by atoms with Crippen LogP contribution in [0, 0.1) is 0 Å². The van der Waals surface area contributed by atoms with Crippen molar-refractivity contribution in [2.24, 2.45) is 9.98 Å². The van der Waals surface area contributed by atoms with E-state index in [0.29, 0.717) is 13.2 Å². The maximum Gasteiger partial charge on any atom is 0.128 e. The van der Waals surface area contributed by atoms with Crippen LogP contribution in [-0.4, -0.2) is 38.7 Å². The van der Waals surface area contributed by atoms with Crippen LogP contribution < -0.4 is 9.47 Å². The smallest absolute Gasteiger partial charge is 0.128 e. The minimum Gasteiger partial charge on any atom is -0.493 e. The van der Waals surface area contributed by atoms with E-state index in [1.807, 2.05) is 24.6 Å². The molecule has 0 saturated heterocycles. The molecule has 1 aliphatic heterocycles. The van der Waals surface area contributed by atoms with E-state index in [1.54, 1.807) is 0 Å². The molecule has 1 aliphatic rings. The molecule has 0 atom stereocenters. The van der Waals surface area contributed by atoms with Gasteiger partial charge in [0, 0.05) is 43.1 Å². The molecule has 0 fully saturated rings. The van der Waals surface area contributed by atoms with Crippen LogP contribution in [0.3, 0.4) is 0 Å². The SMILES string of the molecule is C1=NCCCN=Cc2c(ccc3ccccc23)OCCCOc2ccc3ccccc3c21. The summed E-state index contributed by atoms with van der Waals surface area (Å²) in [5.74, 6) is 1.73. The van der Waals surface area contributed by atoms with Gasteiger partial charge in [-0.2, -0.15) is 0 Å². The third-order valence-corrected chi connectivity index (χ3v) is 5.68. The van der Waals surface area contributed by atoms with Gasteiger partial charge in [0.25, 0.3) is 0 Å². The number of benzene rings is 4. The molecule has 32 heavy (non-hydrogen) atoms. The number of fused-ring (bicyclic) bond motifs is 6. The average Bonchev–Trinajstić information content (AvgIpc) is 2.83. The lowest BCUT2D eigenvalue weighted by Gasteiger charge is -2.14. The van der Waals surface area contributed by atoms with Crippen molar-refractivity contribution in [1.82, 2.24) is 0 Å². The summed E-state index contributed by atoms with van der Waals surface area (Å²) >= 11 is 0. The number of rotatable bonds is 0. The van der Waals surface area contributed by atoms with Gasteiger partial charge >= 0.3 is 0 Å². The maximum atomic E-state index is 6.16. The zero-order valence-corrected chi connectivity index (χ0v) is 18.0. The monoisotopic (exact) mass is 422 g/mol. The van der Waals surface area contributed by atoms with Crippen molar-refractivity contribution in [2.75, 3.05) is 26.3 Å². The molecule has 0 amide bonds.